The van der Waals surface area contributed by atoms with Crippen LogP contribution in [0.3, 0.4) is 0 Å². The molecule has 1 aromatic heterocycles. The van der Waals surface area contributed by atoms with E-state index in [1.807, 2.05) is 0 Å². The molecule has 1 aliphatic rings. The minimum Gasteiger partial charge on any atom is -0.371 e. The number of rotatable bonds is 6. The number of nitrogens with zero attached hydrogens (tertiary/aromatic N) is 1. The lowest BCUT2D eigenvalue weighted by molar-refractivity contribution is 0.0939. The maximum absolute atomic E-state index is 13.9. The minimum absolute atomic E-state index is 0.0478. The first kappa shape index (κ1) is 13.8. The van der Waals surface area contributed by atoms with Crippen molar-refractivity contribution in [2.24, 2.45) is 5.41 Å². The van der Waals surface area contributed by atoms with Gasteiger partial charge >= 0.3 is 0 Å². The standard InChI is InChI=1S/C14H20FN3O/c1-3-5-14(6-7-14)9-18-13(19)10-4-8-17-12(16-2)11(10)15/h4,8H,3,5-7,9H2,1-2H3,(H,16,17)(H,18,19). The summed E-state index contributed by atoms with van der Waals surface area (Å²) >= 11 is 0. The van der Waals surface area contributed by atoms with Gasteiger partial charge in [0, 0.05) is 19.8 Å². The molecule has 1 fully saturated rings. The summed E-state index contributed by atoms with van der Waals surface area (Å²) in [6.45, 7) is 2.78. The van der Waals surface area contributed by atoms with Crippen molar-refractivity contribution in [1.82, 2.24) is 10.3 Å². The normalized spacial score (nSPS) is 15.9. The molecule has 0 radical (unpaired) electrons. The van der Waals surface area contributed by atoms with Crippen molar-refractivity contribution in [1.29, 1.82) is 0 Å². The zero-order chi connectivity index (χ0) is 13.9. The molecule has 0 atom stereocenters. The van der Waals surface area contributed by atoms with Gasteiger partial charge in [-0.2, -0.15) is 0 Å². The summed E-state index contributed by atoms with van der Waals surface area (Å²) in [5.41, 5.74) is 0.311. The number of halogens is 1. The van der Waals surface area contributed by atoms with Gasteiger partial charge in [-0.3, -0.25) is 4.79 Å². The molecule has 0 aromatic carbocycles. The summed E-state index contributed by atoms with van der Waals surface area (Å²) in [5, 5.41) is 5.47. The summed E-state index contributed by atoms with van der Waals surface area (Å²) in [7, 11) is 1.58. The molecule has 1 heterocycles. The maximum atomic E-state index is 13.9. The van der Waals surface area contributed by atoms with E-state index in [9.17, 15) is 9.18 Å². The van der Waals surface area contributed by atoms with Crippen molar-refractivity contribution in [3.63, 3.8) is 0 Å². The monoisotopic (exact) mass is 265 g/mol. The first-order valence-electron chi connectivity index (χ1n) is 6.72. The van der Waals surface area contributed by atoms with E-state index in [1.54, 1.807) is 7.05 Å². The van der Waals surface area contributed by atoms with Gasteiger partial charge < -0.3 is 10.6 Å². The first-order valence-corrected chi connectivity index (χ1v) is 6.72. The number of aromatic nitrogens is 1. The van der Waals surface area contributed by atoms with Crippen molar-refractivity contribution in [3.8, 4) is 0 Å². The highest BCUT2D eigenvalue weighted by Gasteiger charge is 2.41. The molecular weight excluding hydrogens is 245 g/mol. The Hall–Kier alpha value is -1.65. The zero-order valence-electron chi connectivity index (χ0n) is 11.4. The summed E-state index contributed by atoms with van der Waals surface area (Å²) < 4.78 is 13.9. The molecule has 0 aliphatic heterocycles. The third-order valence-corrected chi connectivity index (χ3v) is 3.73. The lowest BCUT2D eigenvalue weighted by atomic mass is 10.0. The van der Waals surface area contributed by atoms with Crippen LogP contribution in [0.25, 0.3) is 0 Å². The smallest absolute Gasteiger partial charge is 0.254 e. The fourth-order valence-corrected chi connectivity index (χ4v) is 2.38. The van der Waals surface area contributed by atoms with Crippen LogP contribution in [0.15, 0.2) is 12.3 Å². The molecule has 19 heavy (non-hydrogen) atoms. The number of nitrogens with one attached hydrogen (secondary N) is 2. The number of amides is 1. The quantitative estimate of drug-likeness (QED) is 0.831. The largest absolute Gasteiger partial charge is 0.371 e. The van der Waals surface area contributed by atoms with E-state index in [1.165, 1.54) is 12.3 Å². The van der Waals surface area contributed by atoms with Gasteiger partial charge in [0.15, 0.2) is 11.6 Å². The van der Waals surface area contributed by atoms with Gasteiger partial charge in [-0.05, 0) is 30.7 Å². The van der Waals surface area contributed by atoms with Gasteiger partial charge in [-0.15, -0.1) is 0 Å². The van der Waals surface area contributed by atoms with E-state index in [0.29, 0.717) is 6.54 Å². The Bertz CT molecular complexity index is 472. The van der Waals surface area contributed by atoms with Crippen LogP contribution < -0.4 is 10.6 Å². The topological polar surface area (TPSA) is 54.0 Å². The molecule has 1 aliphatic carbocycles. The van der Waals surface area contributed by atoms with Gasteiger partial charge in [0.1, 0.15) is 0 Å². The first-order chi connectivity index (χ1) is 9.12. The highest BCUT2D eigenvalue weighted by atomic mass is 19.1. The van der Waals surface area contributed by atoms with E-state index < -0.39 is 5.82 Å². The van der Waals surface area contributed by atoms with Crippen LogP contribution in [-0.2, 0) is 0 Å². The van der Waals surface area contributed by atoms with E-state index in [2.05, 4.69) is 22.5 Å². The summed E-state index contributed by atoms with van der Waals surface area (Å²) in [6.07, 6.45) is 5.98. The second-order valence-electron chi connectivity index (χ2n) is 5.20. The molecule has 1 saturated carbocycles. The summed E-state index contributed by atoms with van der Waals surface area (Å²) in [5.74, 6) is -0.857. The van der Waals surface area contributed by atoms with Crippen LogP contribution in [0.5, 0.6) is 0 Å². The second-order valence-corrected chi connectivity index (χ2v) is 5.20. The molecule has 5 heteroatoms. The van der Waals surface area contributed by atoms with Gasteiger partial charge in [0.25, 0.3) is 5.91 Å². The number of hydrogen-bond acceptors (Lipinski definition) is 3. The highest BCUT2D eigenvalue weighted by molar-refractivity contribution is 5.95. The fraction of sp³-hybridized carbons (Fsp3) is 0.571. The van der Waals surface area contributed by atoms with Gasteiger partial charge in [0.2, 0.25) is 0 Å². The molecule has 2 N–H and O–H groups in total. The van der Waals surface area contributed by atoms with Crippen LogP contribution in [0, 0.1) is 11.2 Å². The van der Waals surface area contributed by atoms with Crippen LogP contribution >= 0.6 is 0 Å². The Kier molecular flexibility index (Phi) is 4.02. The summed E-state index contributed by atoms with van der Waals surface area (Å²) in [4.78, 5) is 15.8. The highest BCUT2D eigenvalue weighted by Crippen LogP contribution is 2.48. The number of carbonyl (C=O) groups is 1. The second kappa shape index (κ2) is 5.55. The Balaban J connectivity index is 2.00. The number of hydrogen-bond donors (Lipinski definition) is 2. The third kappa shape index (κ3) is 3.03. The Morgan fingerprint density at radius 3 is 2.84 bits per heavy atom. The molecular formula is C14H20FN3O. The molecule has 0 bridgehead atoms. The van der Waals surface area contributed by atoms with Crippen LogP contribution in [-0.4, -0.2) is 24.5 Å². The van der Waals surface area contributed by atoms with Crippen molar-refractivity contribution in [2.45, 2.75) is 32.6 Å². The lowest BCUT2D eigenvalue weighted by Crippen LogP contribution is -2.31. The average molecular weight is 265 g/mol. The van der Waals surface area contributed by atoms with E-state index in [4.69, 9.17) is 0 Å². The number of anilines is 1. The van der Waals surface area contributed by atoms with Crippen LogP contribution in [0.1, 0.15) is 43.0 Å². The van der Waals surface area contributed by atoms with Crippen molar-refractivity contribution < 1.29 is 9.18 Å². The molecule has 2 rings (SSSR count). The van der Waals surface area contributed by atoms with Gasteiger partial charge in [-0.25, -0.2) is 9.37 Å². The SMILES string of the molecule is CCCC1(CNC(=O)c2ccnc(NC)c2F)CC1. The van der Waals surface area contributed by atoms with Gasteiger partial charge in [0.05, 0.1) is 5.56 Å². The third-order valence-electron chi connectivity index (χ3n) is 3.73. The van der Waals surface area contributed by atoms with Crippen LogP contribution in [0.2, 0.25) is 0 Å². The minimum atomic E-state index is -0.595. The van der Waals surface area contributed by atoms with Gasteiger partial charge in [-0.1, -0.05) is 13.3 Å². The predicted octanol–water partition coefficient (Wildman–Crippen LogP) is 2.57. The molecule has 1 aromatic rings. The lowest BCUT2D eigenvalue weighted by Gasteiger charge is -2.15. The van der Waals surface area contributed by atoms with Crippen LogP contribution in [0.4, 0.5) is 10.2 Å². The van der Waals surface area contributed by atoms with E-state index in [0.717, 1.165) is 25.7 Å². The molecule has 104 valence electrons. The predicted molar refractivity (Wildman–Crippen MR) is 72.6 cm³/mol. The molecule has 4 nitrogen and oxygen atoms in total. The fourth-order valence-electron chi connectivity index (χ4n) is 2.38. The van der Waals surface area contributed by atoms with E-state index >= 15 is 0 Å². The van der Waals surface area contributed by atoms with E-state index in [-0.39, 0.29) is 22.7 Å². The molecule has 0 unspecified atom stereocenters. The summed E-state index contributed by atoms with van der Waals surface area (Å²) in [6, 6.07) is 1.41. The number of carbonyl (C=O) groups excluding carboxylic acids is 1. The Morgan fingerprint density at radius 1 is 1.53 bits per heavy atom. The zero-order valence-corrected chi connectivity index (χ0v) is 11.4. The molecule has 1 amide bonds. The Morgan fingerprint density at radius 2 is 2.26 bits per heavy atom. The Labute approximate surface area is 112 Å². The van der Waals surface area contributed by atoms with Crippen molar-refractivity contribution in [3.05, 3.63) is 23.6 Å². The van der Waals surface area contributed by atoms with Crippen molar-refractivity contribution in [2.75, 3.05) is 18.9 Å². The maximum Gasteiger partial charge on any atom is 0.254 e. The average Bonchev–Trinajstić information content (AvgIpc) is 3.17. The van der Waals surface area contributed by atoms with Crippen molar-refractivity contribution >= 4 is 11.7 Å². The molecule has 0 saturated heterocycles. The number of pyridine rings is 1. The molecule has 0 spiro atoms.